The van der Waals surface area contributed by atoms with Crippen LogP contribution in [0.4, 0.5) is 0 Å². The molecule has 0 aliphatic rings. The Kier molecular flexibility index (Phi) is 5.19. The number of hydrogen-bond donors (Lipinski definition) is 1. The molecule has 0 saturated carbocycles. The van der Waals surface area contributed by atoms with Crippen molar-refractivity contribution in [3.63, 3.8) is 0 Å². The molecule has 2 atom stereocenters. The predicted molar refractivity (Wildman–Crippen MR) is 82.0 cm³/mol. The van der Waals surface area contributed by atoms with E-state index in [9.17, 15) is 5.11 Å². The van der Waals surface area contributed by atoms with Gasteiger partial charge in [-0.15, -0.1) is 0 Å². The molecule has 2 aromatic rings. The summed E-state index contributed by atoms with van der Waals surface area (Å²) in [5.41, 5.74) is 2.11. The molecular weight excluding hydrogens is 248 g/mol. The molecule has 0 aromatic heterocycles. The minimum absolute atomic E-state index is 0.120. The lowest BCUT2D eigenvalue weighted by Crippen LogP contribution is -2.10. The van der Waals surface area contributed by atoms with Crippen molar-refractivity contribution in [1.29, 1.82) is 0 Å². The molecule has 0 fully saturated rings. The number of aliphatic hydroxyl groups is 1. The molecule has 0 spiro atoms. The maximum absolute atomic E-state index is 10.6. The van der Waals surface area contributed by atoms with Crippen molar-refractivity contribution in [3.8, 4) is 5.75 Å². The average Bonchev–Trinajstić information content (AvgIpc) is 2.50. The molecule has 0 bridgehead atoms. The van der Waals surface area contributed by atoms with Gasteiger partial charge in [-0.1, -0.05) is 49.4 Å². The van der Waals surface area contributed by atoms with Gasteiger partial charge in [-0.2, -0.15) is 0 Å². The van der Waals surface area contributed by atoms with Crippen LogP contribution < -0.4 is 4.74 Å². The van der Waals surface area contributed by atoms with Crippen LogP contribution in [0.2, 0.25) is 0 Å². The number of benzene rings is 2. The lowest BCUT2D eigenvalue weighted by Gasteiger charge is -2.22. The number of rotatable bonds is 6. The van der Waals surface area contributed by atoms with Gasteiger partial charge in [0.15, 0.2) is 0 Å². The van der Waals surface area contributed by atoms with Gasteiger partial charge < -0.3 is 9.84 Å². The first kappa shape index (κ1) is 14.6. The van der Waals surface area contributed by atoms with Crippen molar-refractivity contribution in [3.05, 3.63) is 65.7 Å². The Balaban J connectivity index is 2.18. The van der Waals surface area contributed by atoms with Crippen LogP contribution in [0.25, 0.3) is 0 Å². The second-order valence-corrected chi connectivity index (χ2v) is 4.87. The third-order valence-corrected chi connectivity index (χ3v) is 3.58. The highest BCUT2D eigenvalue weighted by Crippen LogP contribution is 2.33. The summed E-state index contributed by atoms with van der Waals surface area (Å²) in [7, 11) is 0. The molecule has 2 heteroatoms. The van der Waals surface area contributed by atoms with Gasteiger partial charge >= 0.3 is 0 Å². The summed E-state index contributed by atoms with van der Waals surface area (Å²) < 4.78 is 5.43. The minimum Gasteiger partial charge on any atom is -0.494 e. The number of aliphatic hydroxyl groups excluding tert-OH is 1. The van der Waals surface area contributed by atoms with E-state index in [4.69, 9.17) is 4.74 Å². The smallest absolute Gasteiger partial charge is 0.119 e. The fraction of sp³-hybridized carbons (Fsp3) is 0.333. The van der Waals surface area contributed by atoms with Crippen molar-refractivity contribution in [1.82, 2.24) is 0 Å². The van der Waals surface area contributed by atoms with E-state index < -0.39 is 6.10 Å². The standard InChI is InChI=1S/C18H22O2/c1-3-17(14-8-6-5-7-9-14)18(19)15-10-12-16(13-11-15)20-4-2/h5-13,17-19H,3-4H2,1-2H3. The molecule has 0 aliphatic heterocycles. The molecule has 106 valence electrons. The van der Waals surface area contributed by atoms with Crippen LogP contribution in [-0.2, 0) is 0 Å². The van der Waals surface area contributed by atoms with E-state index in [1.165, 1.54) is 5.56 Å². The van der Waals surface area contributed by atoms with Crippen molar-refractivity contribution in [2.45, 2.75) is 32.3 Å². The SMILES string of the molecule is CCOc1ccc(C(O)C(CC)c2ccccc2)cc1. The maximum atomic E-state index is 10.6. The summed E-state index contributed by atoms with van der Waals surface area (Å²) in [4.78, 5) is 0. The molecule has 0 saturated heterocycles. The predicted octanol–water partition coefficient (Wildman–Crippen LogP) is 4.31. The monoisotopic (exact) mass is 270 g/mol. The highest BCUT2D eigenvalue weighted by molar-refractivity contribution is 5.31. The van der Waals surface area contributed by atoms with Crippen LogP contribution in [0.15, 0.2) is 54.6 Å². The minimum atomic E-state index is -0.488. The van der Waals surface area contributed by atoms with E-state index in [2.05, 4.69) is 19.1 Å². The maximum Gasteiger partial charge on any atom is 0.119 e. The van der Waals surface area contributed by atoms with Gasteiger partial charge in [-0.3, -0.25) is 0 Å². The van der Waals surface area contributed by atoms with E-state index >= 15 is 0 Å². The van der Waals surface area contributed by atoms with Crippen LogP contribution in [-0.4, -0.2) is 11.7 Å². The lowest BCUT2D eigenvalue weighted by molar-refractivity contribution is 0.142. The van der Waals surface area contributed by atoms with Gasteiger partial charge in [-0.05, 0) is 36.6 Å². The second-order valence-electron chi connectivity index (χ2n) is 4.87. The Hall–Kier alpha value is -1.80. The van der Waals surface area contributed by atoms with Gasteiger partial charge in [0.05, 0.1) is 12.7 Å². The Bertz CT molecular complexity index is 505. The first-order valence-electron chi connectivity index (χ1n) is 7.22. The lowest BCUT2D eigenvalue weighted by atomic mass is 9.87. The summed E-state index contributed by atoms with van der Waals surface area (Å²) in [5, 5.41) is 10.6. The van der Waals surface area contributed by atoms with Gasteiger partial charge in [0, 0.05) is 5.92 Å². The molecule has 2 nitrogen and oxygen atoms in total. The molecule has 2 aromatic carbocycles. The van der Waals surface area contributed by atoms with Gasteiger partial charge in [0.2, 0.25) is 0 Å². The number of hydrogen-bond acceptors (Lipinski definition) is 2. The van der Waals surface area contributed by atoms with Gasteiger partial charge in [0.25, 0.3) is 0 Å². The quantitative estimate of drug-likeness (QED) is 0.847. The number of ether oxygens (including phenoxy) is 1. The summed E-state index contributed by atoms with van der Waals surface area (Å²) in [5.74, 6) is 0.963. The van der Waals surface area contributed by atoms with Crippen LogP contribution in [0, 0.1) is 0 Å². The van der Waals surface area contributed by atoms with Crippen molar-refractivity contribution >= 4 is 0 Å². The zero-order valence-electron chi connectivity index (χ0n) is 12.1. The van der Waals surface area contributed by atoms with E-state index in [1.54, 1.807) is 0 Å². The van der Waals surface area contributed by atoms with E-state index in [1.807, 2.05) is 49.4 Å². The van der Waals surface area contributed by atoms with Crippen LogP contribution in [0.3, 0.4) is 0 Å². The Morgan fingerprint density at radius 3 is 2.10 bits per heavy atom. The zero-order valence-corrected chi connectivity index (χ0v) is 12.1. The second kappa shape index (κ2) is 7.11. The van der Waals surface area contributed by atoms with E-state index in [-0.39, 0.29) is 5.92 Å². The topological polar surface area (TPSA) is 29.5 Å². The Morgan fingerprint density at radius 1 is 0.900 bits per heavy atom. The first-order valence-corrected chi connectivity index (χ1v) is 7.22. The van der Waals surface area contributed by atoms with Gasteiger partial charge in [-0.25, -0.2) is 0 Å². The highest BCUT2D eigenvalue weighted by atomic mass is 16.5. The van der Waals surface area contributed by atoms with Gasteiger partial charge in [0.1, 0.15) is 5.75 Å². The first-order chi connectivity index (χ1) is 9.76. The van der Waals surface area contributed by atoms with Crippen molar-refractivity contribution in [2.75, 3.05) is 6.61 Å². The molecule has 2 rings (SSSR count). The van der Waals surface area contributed by atoms with E-state index in [0.717, 1.165) is 17.7 Å². The highest BCUT2D eigenvalue weighted by Gasteiger charge is 2.20. The molecular formula is C18H22O2. The summed E-state index contributed by atoms with van der Waals surface area (Å²) in [6.07, 6.45) is 0.413. The zero-order chi connectivity index (χ0) is 14.4. The molecule has 0 aliphatic carbocycles. The third kappa shape index (κ3) is 3.40. The largest absolute Gasteiger partial charge is 0.494 e. The van der Waals surface area contributed by atoms with Crippen LogP contribution in [0.1, 0.15) is 43.4 Å². The molecule has 20 heavy (non-hydrogen) atoms. The summed E-state index contributed by atoms with van der Waals surface area (Å²) in [6.45, 7) is 4.73. The molecule has 0 radical (unpaired) electrons. The van der Waals surface area contributed by atoms with Crippen molar-refractivity contribution < 1.29 is 9.84 Å². The summed E-state index contributed by atoms with van der Waals surface area (Å²) >= 11 is 0. The molecule has 1 N–H and O–H groups in total. The average molecular weight is 270 g/mol. The molecule has 2 unspecified atom stereocenters. The fourth-order valence-corrected chi connectivity index (χ4v) is 2.50. The fourth-order valence-electron chi connectivity index (χ4n) is 2.50. The van der Waals surface area contributed by atoms with Crippen molar-refractivity contribution in [2.24, 2.45) is 0 Å². The molecule has 0 heterocycles. The van der Waals surface area contributed by atoms with Crippen LogP contribution in [0.5, 0.6) is 5.75 Å². The summed E-state index contributed by atoms with van der Waals surface area (Å²) in [6, 6.07) is 17.9. The molecule has 0 amide bonds. The normalized spacial score (nSPS) is 13.8. The van der Waals surface area contributed by atoms with Crippen LogP contribution >= 0.6 is 0 Å². The third-order valence-electron chi connectivity index (χ3n) is 3.58. The Morgan fingerprint density at radius 2 is 1.55 bits per heavy atom. The van der Waals surface area contributed by atoms with E-state index in [0.29, 0.717) is 6.61 Å². The Labute approximate surface area is 121 Å².